The van der Waals surface area contributed by atoms with Crippen LogP contribution in [0.5, 0.6) is 0 Å². The first-order chi connectivity index (χ1) is 8.77. The lowest BCUT2D eigenvalue weighted by atomic mass is 9.97. The second-order valence-corrected chi connectivity index (χ2v) is 5.14. The average molecular weight is 260 g/mol. The van der Waals surface area contributed by atoms with Gasteiger partial charge in [0.2, 0.25) is 0 Å². The van der Waals surface area contributed by atoms with E-state index in [1.807, 2.05) is 30.5 Å². The minimum atomic E-state index is 0.125. The summed E-state index contributed by atoms with van der Waals surface area (Å²) in [6.07, 6.45) is 3.82. The predicted molar refractivity (Wildman–Crippen MR) is 77.1 cm³/mol. The van der Waals surface area contributed by atoms with Crippen molar-refractivity contribution in [3.63, 3.8) is 0 Å². The standard InChI is InChI=1S/C16H18ClN/c1-13(16-9-5-6-12-18-16)15(17)11-10-14-7-3-2-4-8-14/h2-9,12-13,15H,10-11H2,1H3. The summed E-state index contributed by atoms with van der Waals surface area (Å²) in [7, 11) is 0. The average Bonchev–Trinajstić information content (AvgIpc) is 2.46. The van der Waals surface area contributed by atoms with E-state index < -0.39 is 0 Å². The van der Waals surface area contributed by atoms with Gasteiger partial charge in [0.25, 0.3) is 0 Å². The molecule has 0 aliphatic heterocycles. The number of benzene rings is 1. The molecule has 0 fully saturated rings. The SMILES string of the molecule is CC(c1ccccn1)C(Cl)CCc1ccccc1. The maximum Gasteiger partial charge on any atom is 0.0446 e. The second kappa shape index (κ2) is 6.55. The fourth-order valence-electron chi connectivity index (χ4n) is 2.03. The number of aryl methyl sites for hydroxylation is 1. The van der Waals surface area contributed by atoms with E-state index in [1.54, 1.807) is 0 Å². The number of aromatic nitrogens is 1. The van der Waals surface area contributed by atoms with E-state index in [0.29, 0.717) is 0 Å². The molecule has 1 nitrogen and oxygen atoms in total. The predicted octanol–water partition coefficient (Wildman–Crippen LogP) is 4.43. The molecule has 0 amide bonds. The lowest BCUT2D eigenvalue weighted by Crippen LogP contribution is -2.12. The van der Waals surface area contributed by atoms with E-state index in [0.717, 1.165) is 18.5 Å². The van der Waals surface area contributed by atoms with Crippen molar-refractivity contribution in [2.75, 3.05) is 0 Å². The van der Waals surface area contributed by atoms with Crippen LogP contribution >= 0.6 is 11.6 Å². The molecule has 2 atom stereocenters. The van der Waals surface area contributed by atoms with Crippen molar-refractivity contribution >= 4 is 11.6 Å². The summed E-state index contributed by atoms with van der Waals surface area (Å²) in [5.41, 5.74) is 2.42. The molecule has 0 bridgehead atoms. The third kappa shape index (κ3) is 3.58. The molecule has 2 heteroatoms. The Labute approximate surface area is 114 Å². The van der Waals surface area contributed by atoms with Crippen LogP contribution in [0.2, 0.25) is 0 Å². The summed E-state index contributed by atoms with van der Waals surface area (Å²) in [5.74, 6) is 0.288. The van der Waals surface area contributed by atoms with Crippen molar-refractivity contribution in [2.45, 2.75) is 31.1 Å². The van der Waals surface area contributed by atoms with Crippen LogP contribution in [-0.4, -0.2) is 10.4 Å². The van der Waals surface area contributed by atoms with E-state index in [2.05, 4.69) is 36.2 Å². The van der Waals surface area contributed by atoms with E-state index in [-0.39, 0.29) is 11.3 Å². The van der Waals surface area contributed by atoms with Gasteiger partial charge in [0.05, 0.1) is 0 Å². The Kier molecular flexibility index (Phi) is 4.77. The number of hydrogen-bond donors (Lipinski definition) is 0. The van der Waals surface area contributed by atoms with Crippen molar-refractivity contribution < 1.29 is 0 Å². The number of hydrogen-bond acceptors (Lipinski definition) is 1. The van der Waals surface area contributed by atoms with Gasteiger partial charge >= 0.3 is 0 Å². The molecule has 0 N–H and O–H groups in total. The van der Waals surface area contributed by atoms with Gasteiger partial charge in [-0.1, -0.05) is 43.3 Å². The molecule has 1 heterocycles. The van der Waals surface area contributed by atoms with Gasteiger partial charge < -0.3 is 0 Å². The van der Waals surface area contributed by atoms with E-state index in [9.17, 15) is 0 Å². The zero-order valence-electron chi connectivity index (χ0n) is 10.6. The summed E-state index contributed by atoms with van der Waals surface area (Å²) in [6.45, 7) is 2.14. The normalized spacial score (nSPS) is 14.1. The number of pyridine rings is 1. The van der Waals surface area contributed by atoms with Crippen LogP contribution in [0.25, 0.3) is 0 Å². The minimum Gasteiger partial charge on any atom is -0.261 e. The molecular formula is C16H18ClN. The first kappa shape index (κ1) is 13.1. The van der Waals surface area contributed by atoms with E-state index >= 15 is 0 Å². The quantitative estimate of drug-likeness (QED) is 0.724. The zero-order chi connectivity index (χ0) is 12.8. The Morgan fingerprint density at radius 1 is 1.06 bits per heavy atom. The maximum absolute atomic E-state index is 6.48. The van der Waals surface area contributed by atoms with Crippen molar-refractivity contribution in [3.05, 3.63) is 66.0 Å². The van der Waals surface area contributed by atoms with Gasteiger partial charge in [-0.05, 0) is 30.5 Å². The lowest BCUT2D eigenvalue weighted by molar-refractivity contribution is 0.629. The first-order valence-corrected chi connectivity index (χ1v) is 6.80. The summed E-state index contributed by atoms with van der Waals surface area (Å²) in [5, 5.41) is 0.125. The van der Waals surface area contributed by atoms with Gasteiger partial charge in [-0.15, -0.1) is 11.6 Å². The third-order valence-corrected chi connectivity index (χ3v) is 3.84. The first-order valence-electron chi connectivity index (χ1n) is 6.36. The summed E-state index contributed by atoms with van der Waals surface area (Å²) in [6, 6.07) is 16.5. The van der Waals surface area contributed by atoms with Gasteiger partial charge in [-0.3, -0.25) is 4.98 Å². The Morgan fingerprint density at radius 2 is 1.78 bits per heavy atom. The Balaban J connectivity index is 1.90. The highest BCUT2D eigenvalue weighted by molar-refractivity contribution is 6.21. The highest BCUT2D eigenvalue weighted by atomic mass is 35.5. The van der Waals surface area contributed by atoms with Crippen LogP contribution in [0.4, 0.5) is 0 Å². The smallest absolute Gasteiger partial charge is 0.0446 e. The fraction of sp³-hybridized carbons (Fsp3) is 0.312. The largest absolute Gasteiger partial charge is 0.261 e. The van der Waals surface area contributed by atoms with Crippen LogP contribution in [0, 0.1) is 0 Å². The van der Waals surface area contributed by atoms with Crippen molar-refractivity contribution in [2.24, 2.45) is 0 Å². The maximum atomic E-state index is 6.48. The van der Waals surface area contributed by atoms with Gasteiger partial charge in [0.15, 0.2) is 0 Å². The molecule has 0 radical (unpaired) electrons. The summed E-state index contributed by atoms with van der Waals surface area (Å²) < 4.78 is 0. The number of halogens is 1. The molecule has 1 aromatic carbocycles. The van der Waals surface area contributed by atoms with Crippen molar-refractivity contribution in [3.8, 4) is 0 Å². The van der Waals surface area contributed by atoms with Crippen molar-refractivity contribution in [1.82, 2.24) is 4.98 Å². The number of alkyl halides is 1. The molecule has 0 aliphatic carbocycles. The molecule has 18 heavy (non-hydrogen) atoms. The molecule has 2 unspecified atom stereocenters. The molecule has 1 aromatic heterocycles. The molecule has 0 saturated carbocycles. The monoisotopic (exact) mass is 259 g/mol. The Morgan fingerprint density at radius 3 is 2.44 bits per heavy atom. The highest BCUT2D eigenvalue weighted by Crippen LogP contribution is 2.25. The summed E-state index contributed by atoms with van der Waals surface area (Å²) >= 11 is 6.48. The van der Waals surface area contributed by atoms with Crippen LogP contribution < -0.4 is 0 Å². The van der Waals surface area contributed by atoms with Gasteiger partial charge in [0.1, 0.15) is 0 Å². The third-order valence-electron chi connectivity index (χ3n) is 3.25. The number of rotatable bonds is 5. The minimum absolute atomic E-state index is 0.125. The van der Waals surface area contributed by atoms with Crippen LogP contribution in [0.3, 0.4) is 0 Å². The Bertz CT molecular complexity index is 455. The van der Waals surface area contributed by atoms with E-state index in [1.165, 1.54) is 5.56 Å². The Hall–Kier alpha value is -1.34. The topological polar surface area (TPSA) is 12.9 Å². The molecule has 2 rings (SSSR count). The van der Waals surface area contributed by atoms with Gasteiger partial charge in [-0.25, -0.2) is 0 Å². The zero-order valence-corrected chi connectivity index (χ0v) is 11.3. The van der Waals surface area contributed by atoms with E-state index in [4.69, 9.17) is 11.6 Å². The van der Waals surface area contributed by atoms with Crippen LogP contribution in [0.1, 0.15) is 30.5 Å². The van der Waals surface area contributed by atoms with Gasteiger partial charge in [0, 0.05) is 23.2 Å². The van der Waals surface area contributed by atoms with Crippen molar-refractivity contribution in [1.29, 1.82) is 0 Å². The summed E-state index contributed by atoms with van der Waals surface area (Å²) in [4.78, 5) is 4.37. The molecule has 2 aromatic rings. The number of nitrogens with zero attached hydrogens (tertiary/aromatic N) is 1. The second-order valence-electron chi connectivity index (χ2n) is 4.58. The highest BCUT2D eigenvalue weighted by Gasteiger charge is 2.17. The van der Waals surface area contributed by atoms with Crippen LogP contribution in [-0.2, 0) is 6.42 Å². The van der Waals surface area contributed by atoms with Gasteiger partial charge in [-0.2, -0.15) is 0 Å². The molecule has 0 saturated heterocycles. The fourth-order valence-corrected chi connectivity index (χ4v) is 2.27. The molecule has 0 spiro atoms. The molecule has 0 aliphatic rings. The van der Waals surface area contributed by atoms with Crippen LogP contribution in [0.15, 0.2) is 54.7 Å². The molecule has 94 valence electrons. The lowest BCUT2D eigenvalue weighted by Gasteiger charge is -2.17. The molecular weight excluding hydrogens is 242 g/mol.